The van der Waals surface area contributed by atoms with E-state index in [4.69, 9.17) is 0 Å². The third kappa shape index (κ3) is 3.00. The lowest BCUT2D eigenvalue weighted by atomic mass is 10.1. The Labute approximate surface area is 112 Å². The van der Waals surface area contributed by atoms with Crippen LogP contribution in [0, 0.1) is 0 Å². The smallest absolute Gasteiger partial charge is 0.255 e. The Morgan fingerprint density at radius 1 is 1.37 bits per heavy atom. The lowest BCUT2D eigenvalue weighted by Crippen LogP contribution is -2.33. The number of nitrogens with one attached hydrogen (secondary N) is 1. The molecule has 0 aliphatic rings. The molecule has 1 aromatic heterocycles. The summed E-state index contributed by atoms with van der Waals surface area (Å²) in [6, 6.07) is 9.33. The van der Waals surface area contributed by atoms with E-state index in [1.807, 2.05) is 43.6 Å². The van der Waals surface area contributed by atoms with Gasteiger partial charge in [0.05, 0.1) is 11.3 Å². The number of carbonyl (C=O) groups is 1. The van der Waals surface area contributed by atoms with Crippen molar-refractivity contribution in [3.63, 3.8) is 0 Å². The molecule has 0 aliphatic heterocycles. The molecular formula is C14H18N4O. The Morgan fingerprint density at radius 2 is 2.16 bits per heavy atom. The standard InChI is InChI=1S/C14H18N4O/c1-15-9-11-17(2)14(19)12-6-3-4-7-13(12)18-10-5-8-16-18/h3-8,10,15H,9,11H2,1-2H3. The van der Waals surface area contributed by atoms with E-state index in [9.17, 15) is 4.79 Å². The number of aromatic nitrogens is 2. The van der Waals surface area contributed by atoms with Crippen LogP contribution < -0.4 is 5.32 Å². The number of hydrogen-bond acceptors (Lipinski definition) is 3. The number of rotatable bonds is 5. The first-order valence-electron chi connectivity index (χ1n) is 6.23. The fourth-order valence-corrected chi connectivity index (χ4v) is 1.85. The number of hydrogen-bond donors (Lipinski definition) is 1. The topological polar surface area (TPSA) is 50.2 Å². The molecule has 1 aromatic carbocycles. The van der Waals surface area contributed by atoms with Crippen LogP contribution in [0.25, 0.3) is 5.69 Å². The molecule has 0 atom stereocenters. The number of benzene rings is 1. The molecular weight excluding hydrogens is 240 g/mol. The van der Waals surface area contributed by atoms with Crippen molar-refractivity contribution in [1.29, 1.82) is 0 Å². The van der Waals surface area contributed by atoms with Crippen LogP contribution in [0.3, 0.4) is 0 Å². The van der Waals surface area contributed by atoms with Crippen molar-refractivity contribution >= 4 is 5.91 Å². The van der Waals surface area contributed by atoms with E-state index in [-0.39, 0.29) is 5.91 Å². The molecule has 19 heavy (non-hydrogen) atoms. The predicted octanol–water partition coefficient (Wildman–Crippen LogP) is 1.16. The van der Waals surface area contributed by atoms with Crippen molar-refractivity contribution in [1.82, 2.24) is 20.0 Å². The molecule has 100 valence electrons. The Hall–Kier alpha value is -2.14. The first-order valence-corrected chi connectivity index (χ1v) is 6.23. The van der Waals surface area contributed by atoms with Crippen LogP contribution in [0.1, 0.15) is 10.4 Å². The molecule has 0 saturated heterocycles. The van der Waals surface area contributed by atoms with Gasteiger partial charge in [0, 0.05) is 32.5 Å². The summed E-state index contributed by atoms with van der Waals surface area (Å²) in [6.45, 7) is 1.44. The summed E-state index contributed by atoms with van der Waals surface area (Å²) < 4.78 is 1.71. The number of nitrogens with zero attached hydrogens (tertiary/aromatic N) is 3. The van der Waals surface area contributed by atoms with Crippen LogP contribution in [-0.4, -0.2) is 47.8 Å². The zero-order valence-electron chi connectivity index (χ0n) is 11.2. The molecule has 1 N–H and O–H groups in total. The second-order valence-electron chi connectivity index (χ2n) is 4.30. The SMILES string of the molecule is CNCCN(C)C(=O)c1ccccc1-n1cccn1. The average molecular weight is 258 g/mol. The van der Waals surface area contributed by atoms with Crippen LogP contribution in [0.4, 0.5) is 0 Å². The van der Waals surface area contributed by atoms with Crippen molar-refractivity contribution in [2.45, 2.75) is 0 Å². The van der Waals surface area contributed by atoms with Crippen LogP contribution in [0.5, 0.6) is 0 Å². The third-order valence-corrected chi connectivity index (χ3v) is 2.93. The van der Waals surface area contributed by atoms with Crippen LogP contribution >= 0.6 is 0 Å². The highest BCUT2D eigenvalue weighted by Crippen LogP contribution is 2.15. The quantitative estimate of drug-likeness (QED) is 0.875. The lowest BCUT2D eigenvalue weighted by molar-refractivity contribution is 0.0796. The molecule has 0 aliphatic carbocycles. The zero-order valence-corrected chi connectivity index (χ0v) is 11.2. The first-order chi connectivity index (χ1) is 9.24. The highest BCUT2D eigenvalue weighted by molar-refractivity contribution is 5.97. The van der Waals surface area contributed by atoms with Gasteiger partial charge in [0.25, 0.3) is 5.91 Å². The molecule has 5 heteroatoms. The van der Waals surface area contributed by atoms with Gasteiger partial charge in [-0.05, 0) is 25.2 Å². The number of carbonyl (C=O) groups excluding carboxylic acids is 1. The van der Waals surface area contributed by atoms with Crippen LogP contribution in [0.2, 0.25) is 0 Å². The monoisotopic (exact) mass is 258 g/mol. The fraction of sp³-hybridized carbons (Fsp3) is 0.286. The normalized spacial score (nSPS) is 10.4. The van der Waals surface area contributed by atoms with Crippen molar-refractivity contribution in [2.75, 3.05) is 27.2 Å². The van der Waals surface area contributed by atoms with Crippen molar-refractivity contribution in [3.8, 4) is 5.69 Å². The molecule has 0 radical (unpaired) electrons. The van der Waals surface area contributed by atoms with E-state index >= 15 is 0 Å². The van der Waals surface area contributed by atoms with E-state index in [1.165, 1.54) is 0 Å². The molecule has 0 unspecified atom stereocenters. The van der Waals surface area contributed by atoms with E-state index in [0.29, 0.717) is 12.1 Å². The third-order valence-electron chi connectivity index (χ3n) is 2.93. The Balaban J connectivity index is 2.27. The molecule has 0 fully saturated rings. The maximum Gasteiger partial charge on any atom is 0.255 e. The van der Waals surface area contributed by atoms with Gasteiger partial charge in [0.2, 0.25) is 0 Å². The first kappa shape index (κ1) is 13.3. The minimum atomic E-state index is 0.00125. The molecule has 5 nitrogen and oxygen atoms in total. The summed E-state index contributed by atoms with van der Waals surface area (Å²) in [4.78, 5) is 14.1. The fourth-order valence-electron chi connectivity index (χ4n) is 1.85. The Bertz CT molecular complexity index is 536. The second kappa shape index (κ2) is 6.15. The van der Waals surface area contributed by atoms with Gasteiger partial charge in [-0.2, -0.15) is 5.10 Å². The summed E-state index contributed by atoms with van der Waals surface area (Å²) in [5, 5.41) is 7.22. The minimum absolute atomic E-state index is 0.00125. The van der Waals surface area contributed by atoms with Gasteiger partial charge in [-0.15, -0.1) is 0 Å². The van der Waals surface area contributed by atoms with E-state index in [1.54, 1.807) is 22.8 Å². The largest absolute Gasteiger partial charge is 0.340 e. The second-order valence-corrected chi connectivity index (χ2v) is 4.30. The molecule has 0 saturated carbocycles. The maximum atomic E-state index is 12.4. The van der Waals surface area contributed by atoms with Crippen molar-refractivity contribution in [3.05, 3.63) is 48.3 Å². The molecule has 1 amide bonds. The number of amides is 1. The molecule has 2 rings (SSSR count). The zero-order chi connectivity index (χ0) is 13.7. The summed E-state index contributed by atoms with van der Waals surface area (Å²) in [5.74, 6) is 0.00125. The summed E-state index contributed by atoms with van der Waals surface area (Å²) in [7, 11) is 3.68. The molecule has 2 aromatic rings. The lowest BCUT2D eigenvalue weighted by Gasteiger charge is -2.18. The van der Waals surface area contributed by atoms with E-state index in [2.05, 4.69) is 10.4 Å². The van der Waals surface area contributed by atoms with E-state index < -0.39 is 0 Å². The van der Waals surface area contributed by atoms with E-state index in [0.717, 1.165) is 12.2 Å². The van der Waals surface area contributed by atoms with Crippen LogP contribution in [0.15, 0.2) is 42.7 Å². The van der Waals surface area contributed by atoms with Gasteiger partial charge in [0.1, 0.15) is 0 Å². The number of likely N-dealkylation sites (N-methyl/N-ethyl adjacent to an activating group) is 2. The Morgan fingerprint density at radius 3 is 2.84 bits per heavy atom. The maximum absolute atomic E-state index is 12.4. The van der Waals surface area contributed by atoms with Gasteiger partial charge < -0.3 is 10.2 Å². The summed E-state index contributed by atoms with van der Waals surface area (Å²) in [5.41, 5.74) is 1.46. The Kier molecular flexibility index (Phi) is 4.30. The van der Waals surface area contributed by atoms with Gasteiger partial charge in [-0.3, -0.25) is 4.79 Å². The highest BCUT2D eigenvalue weighted by Gasteiger charge is 2.16. The van der Waals surface area contributed by atoms with Crippen molar-refractivity contribution < 1.29 is 4.79 Å². The summed E-state index contributed by atoms with van der Waals surface area (Å²) in [6.07, 6.45) is 3.53. The molecule has 1 heterocycles. The highest BCUT2D eigenvalue weighted by atomic mass is 16.2. The van der Waals surface area contributed by atoms with Gasteiger partial charge in [-0.1, -0.05) is 12.1 Å². The molecule has 0 spiro atoms. The minimum Gasteiger partial charge on any atom is -0.340 e. The predicted molar refractivity (Wildman–Crippen MR) is 74.5 cm³/mol. The van der Waals surface area contributed by atoms with Gasteiger partial charge in [-0.25, -0.2) is 4.68 Å². The average Bonchev–Trinajstić information content (AvgIpc) is 2.98. The van der Waals surface area contributed by atoms with Crippen LogP contribution in [-0.2, 0) is 0 Å². The summed E-state index contributed by atoms with van der Waals surface area (Å²) >= 11 is 0. The molecule has 0 bridgehead atoms. The number of para-hydroxylation sites is 1. The van der Waals surface area contributed by atoms with Crippen molar-refractivity contribution in [2.24, 2.45) is 0 Å². The van der Waals surface area contributed by atoms with Gasteiger partial charge >= 0.3 is 0 Å². The van der Waals surface area contributed by atoms with Gasteiger partial charge in [0.15, 0.2) is 0 Å².